The van der Waals surface area contributed by atoms with Crippen LogP contribution in [0, 0.1) is 0 Å². The van der Waals surface area contributed by atoms with Crippen molar-refractivity contribution in [1.29, 1.82) is 0 Å². The maximum atomic E-state index is 5.32. The van der Waals surface area contributed by atoms with Gasteiger partial charge in [-0.25, -0.2) is 4.99 Å². The van der Waals surface area contributed by atoms with Gasteiger partial charge in [0.1, 0.15) is 5.82 Å². The van der Waals surface area contributed by atoms with Crippen LogP contribution in [0.5, 0.6) is 0 Å². The minimum Gasteiger partial charge on any atom is -0.309 e. The number of nitrogens with zero attached hydrogens (tertiary/aromatic N) is 3. The van der Waals surface area contributed by atoms with E-state index < -0.39 is 0 Å². The second-order valence-electron chi connectivity index (χ2n) is 14.5. The van der Waals surface area contributed by atoms with Crippen molar-refractivity contribution in [3.8, 4) is 27.9 Å². The fourth-order valence-electron chi connectivity index (χ4n) is 8.22. The van der Waals surface area contributed by atoms with Crippen molar-refractivity contribution in [1.82, 2.24) is 9.13 Å². The molecule has 0 radical (unpaired) electrons. The van der Waals surface area contributed by atoms with E-state index in [9.17, 15) is 0 Å². The minimum atomic E-state index is 0.815. The number of benzene rings is 8. The lowest BCUT2D eigenvalue weighted by molar-refractivity contribution is 1.17. The molecule has 3 heteroatoms. The van der Waals surface area contributed by atoms with E-state index in [0.29, 0.717) is 0 Å². The molecule has 10 rings (SSSR count). The summed E-state index contributed by atoms with van der Waals surface area (Å²) < 4.78 is 4.67. The topological polar surface area (TPSA) is 22.2 Å². The van der Waals surface area contributed by atoms with Crippen LogP contribution in [-0.4, -0.2) is 14.8 Å². The fourth-order valence-corrected chi connectivity index (χ4v) is 8.22. The molecule has 0 atom stereocenters. The Hall–Kier alpha value is -7.49. The van der Waals surface area contributed by atoms with Crippen molar-refractivity contribution in [3.05, 3.63) is 224 Å². The molecule has 8 aromatic carbocycles. The predicted octanol–water partition coefficient (Wildman–Crippen LogP) is 14.2. The van der Waals surface area contributed by atoms with Crippen LogP contribution in [0.4, 0.5) is 0 Å². The van der Waals surface area contributed by atoms with Gasteiger partial charge in [0.2, 0.25) is 0 Å². The first-order chi connectivity index (χ1) is 28.1. The van der Waals surface area contributed by atoms with Crippen LogP contribution in [0.3, 0.4) is 0 Å². The van der Waals surface area contributed by atoms with Gasteiger partial charge < -0.3 is 4.57 Å². The predicted molar refractivity (Wildman–Crippen MR) is 243 cm³/mol. The summed E-state index contributed by atoms with van der Waals surface area (Å²) in [5, 5.41) is 4.81. The summed E-state index contributed by atoms with van der Waals surface area (Å²) in [7, 11) is 0. The summed E-state index contributed by atoms with van der Waals surface area (Å²) in [4.78, 5) is 5.32. The van der Waals surface area contributed by atoms with E-state index in [-0.39, 0.29) is 0 Å². The van der Waals surface area contributed by atoms with Crippen LogP contribution in [0.15, 0.2) is 218 Å². The largest absolute Gasteiger partial charge is 0.309 e. The molecule has 0 aliphatic carbocycles. The van der Waals surface area contributed by atoms with Gasteiger partial charge in [-0.15, -0.1) is 0 Å². The van der Waals surface area contributed by atoms with Gasteiger partial charge >= 0.3 is 0 Å². The first kappa shape index (κ1) is 34.0. The Morgan fingerprint density at radius 1 is 0.439 bits per heavy atom. The van der Waals surface area contributed by atoms with Crippen molar-refractivity contribution < 1.29 is 0 Å². The summed E-state index contributed by atoms with van der Waals surface area (Å²) >= 11 is 0. The van der Waals surface area contributed by atoms with E-state index in [1.54, 1.807) is 0 Å². The molecule has 270 valence electrons. The van der Waals surface area contributed by atoms with Crippen LogP contribution < -0.4 is 0 Å². The quantitative estimate of drug-likeness (QED) is 0.110. The van der Waals surface area contributed by atoms with E-state index in [1.807, 2.05) is 24.3 Å². The van der Waals surface area contributed by atoms with Gasteiger partial charge in [-0.1, -0.05) is 158 Å². The van der Waals surface area contributed by atoms with Crippen LogP contribution in [0.2, 0.25) is 0 Å². The normalized spacial score (nSPS) is 12.2. The van der Waals surface area contributed by atoms with Crippen molar-refractivity contribution in [2.45, 2.75) is 6.92 Å². The molecule has 0 spiro atoms. The highest BCUT2D eigenvalue weighted by atomic mass is 15.1. The molecule has 0 fully saturated rings. The SMILES string of the molecule is C=C(/C=C(\N=C(C)c1ccccc1)n1c2ccccc2c2cc(-c3ccc4c(c3)c3ccccc3n4-c3ccc(-c4ccccc4)cc3)ccc21)c1ccccc1. The molecule has 0 unspecified atom stereocenters. The standard InChI is InChI=1S/C54H39N3/c1-37(39-16-6-3-7-17-39)34-54(55-38(2)40-18-8-4-9-19-40)57-51-25-15-13-23-47(51)49-36-44(29-33-53(49)57)43-28-32-52-48(35-43)46-22-12-14-24-50(46)56(52)45-30-26-42(27-31-45)41-20-10-5-11-21-41/h3-36H,1H2,2H3/b54-34+,55-38?. The summed E-state index contributed by atoms with van der Waals surface area (Å²) in [6, 6.07) is 71.2. The summed E-state index contributed by atoms with van der Waals surface area (Å²) in [6.45, 7) is 6.57. The molecule has 0 amide bonds. The van der Waals surface area contributed by atoms with Crippen molar-refractivity contribution in [2.75, 3.05) is 0 Å². The maximum absolute atomic E-state index is 5.32. The molecule has 2 heterocycles. The van der Waals surface area contributed by atoms with E-state index in [4.69, 9.17) is 4.99 Å². The third kappa shape index (κ3) is 6.16. The Labute approximate surface area is 332 Å². The average molecular weight is 730 g/mol. The molecule has 10 aromatic rings. The second-order valence-corrected chi connectivity index (χ2v) is 14.5. The Balaban J connectivity index is 1.11. The van der Waals surface area contributed by atoms with Gasteiger partial charge in [0.05, 0.1) is 22.1 Å². The van der Waals surface area contributed by atoms with Gasteiger partial charge in [-0.3, -0.25) is 4.57 Å². The van der Waals surface area contributed by atoms with Gasteiger partial charge in [0.15, 0.2) is 0 Å². The molecule has 0 saturated heterocycles. The highest BCUT2D eigenvalue weighted by Gasteiger charge is 2.18. The summed E-state index contributed by atoms with van der Waals surface area (Å²) in [6.07, 6.45) is 2.11. The second kappa shape index (κ2) is 14.3. The average Bonchev–Trinajstić information content (AvgIpc) is 3.79. The third-order valence-corrected chi connectivity index (χ3v) is 11.1. The zero-order valence-corrected chi connectivity index (χ0v) is 31.7. The molecule has 3 nitrogen and oxygen atoms in total. The molecule has 0 aliphatic heterocycles. The van der Waals surface area contributed by atoms with Gasteiger partial charge in [0, 0.05) is 32.9 Å². The van der Waals surface area contributed by atoms with Crippen LogP contribution in [0.1, 0.15) is 18.1 Å². The molecular weight excluding hydrogens is 691 g/mol. The summed E-state index contributed by atoms with van der Waals surface area (Å²) in [5.41, 5.74) is 14.5. The Morgan fingerprint density at radius 2 is 0.895 bits per heavy atom. The zero-order valence-electron chi connectivity index (χ0n) is 31.7. The van der Waals surface area contributed by atoms with Crippen molar-refractivity contribution in [2.24, 2.45) is 4.99 Å². The fraction of sp³-hybridized carbons (Fsp3) is 0.0185. The zero-order chi connectivity index (χ0) is 38.3. The van der Waals surface area contributed by atoms with Gasteiger partial charge in [-0.2, -0.15) is 0 Å². The van der Waals surface area contributed by atoms with Crippen LogP contribution in [-0.2, 0) is 0 Å². The number of fused-ring (bicyclic) bond motifs is 6. The van der Waals surface area contributed by atoms with Crippen LogP contribution in [0.25, 0.3) is 82.9 Å². The minimum absolute atomic E-state index is 0.815. The van der Waals surface area contributed by atoms with E-state index >= 15 is 0 Å². The highest BCUT2D eigenvalue weighted by molar-refractivity contribution is 6.14. The molecule has 0 aliphatic rings. The molecule has 0 N–H and O–H groups in total. The molecular formula is C54H39N3. The number of aliphatic imine (C=N–C) groups is 1. The molecule has 0 bridgehead atoms. The molecule has 0 saturated carbocycles. The lowest BCUT2D eigenvalue weighted by atomic mass is 10.0. The number of hydrogen-bond donors (Lipinski definition) is 0. The lowest BCUT2D eigenvalue weighted by Gasteiger charge is -2.12. The third-order valence-electron chi connectivity index (χ3n) is 11.1. The summed E-state index contributed by atoms with van der Waals surface area (Å²) in [5.74, 6) is 0.815. The first-order valence-electron chi connectivity index (χ1n) is 19.4. The maximum Gasteiger partial charge on any atom is 0.138 e. The van der Waals surface area contributed by atoms with Gasteiger partial charge in [0.25, 0.3) is 0 Å². The van der Waals surface area contributed by atoms with E-state index in [1.165, 1.54) is 54.8 Å². The van der Waals surface area contributed by atoms with Crippen molar-refractivity contribution >= 4 is 60.7 Å². The number of rotatable bonds is 8. The highest BCUT2D eigenvalue weighted by Crippen LogP contribution is 2.39. The number of allylic oxidation sites excluding steroid dienone is 2. The van der Waals surface area contributed by atoms with E-state index in [2.05, 4.69) is 205 Å². The molecule has 2 aromatic heterocycles. The number of para-hydroxylation sites is 2. The Bertz CT molecular complexity index is 3160. The van der Waals surface area contributed by atoms with Crippen LogP contribution >= 0.6 is 0 Å². The van der Waals surface area contributed by atoms with E-state index in [0.717, 1.165) is 45.0 Å². The van der Waals surface area contributed by atoms with Crippen molar-refractivity contribution in [3.63, 3.8) is 0 Å². The first-order valence-corrected chi connectivity index (χ1v) is 19.4. The Kier molecular flexibility index (Phi) is 8.54. The smallest absolute Gasteiger partial charge is 0.138 e. The molecule has 57 heavy (non-hydrogen) atoms. The number of hydrogen-bond acceptors (Lipinski definition) is 1. The Morgan fingerprint density at radius 3 is 1.56 bits per heavy atom. The lowest BCUT2D eigenvalue weighted by Crippen LogP contribution is -2.01. The van der Waals surface area contributed by atoms with Gasteiger partial charge in [-0.05, 0) is 100 Å². The number of aromatic nitrogens is 2. The monoisotopic (exact) mass is 729 g/mol.